The molecule has 0 aliphatic carbocycles. The Hall–Kier alpha value is -1.41. The van der Waals surface area contributed by atoms with E-state index in [0.717, 1.165) is 51.4 Å². The van der Waals surface area contributed by atoms with E-state index in [1.165, 1.54) is 128 Å². The van der Waals surface area contributed by atoms with Gasteiger partial charge in [0, 0.05) is 47.4 Å². The molecule has 49 heavy (non-hydrogen) atoms. The van der Waals surface area contributed by atoms with Crippen LogP contribution in [0.25, 0.3) is 0 Å². The second-order valence-electron chi connectivity index (χ2n) is 13.1. The van der Waals surface area contributed by atoms with E-state index in [4.69, 9.17) is 20.4 Å². The molecule has 9 heteroatoms. The van der Waals surface area contributed by atoms with Crippen molar-refractivity contribution in [2.45, 2.75) is 233 Å². The summed E-state index contributed by atoms with van der Waals surface area (Å²) in [6, 6.07) is 0. The molecule has 0 radical (unpaired) electrons. The molecule has 0 atom stereocenters. The van der Waals surface area contributed by atoms with Crippen LogP contribution in [0.5, 0.6) is 0 Å². The Bertz CT molecular complexity index is 561. The number of hydrogen-bond acceptors (Lipinski definition) is 4. The van der Waals surface area contributed by atoms with E-state index in [1.807, 2.05) is 0 Å². The molecule has 0 fully saturated rings. The normalized spacial score (nSPS) is 9.88. The minimum Gasteiger partial charge on any atom is -0.481 e. The van der Waals surface area contributed by atoms with Crippen molar-refractivity contribution in [1.82, 2.24) is 0 Å². The first-order chi connectivity index (χ1) is 23.1. The molecule has 0 aliphatic heterocycles. The number of carboxylic acids is 4. The molecular weight excluding hydrogens is 656 g/mol. The molecule has 292 valence electrons. The number of aliphatic carboxylic acids is 4. The Morgan fingerprint density at radius 1 is 0.265 bits per heavy atom. The van der Waals surface area contributed by atoms with Crippen molar-refractivity contribution in [1.29, 1.82) is 0 Å². The van der Waals surface area contributed by atoms with Gasteiger partial charge in [0.2, 0.25) is 0 Å². The molecule has 0 heterocycles. The maximum atomic E-state index is 10.1. The van der Waals surface area contributed by atoms with Crippen LogP contribution in [0, 0.1) is 0 Å². The van der Waals surface area contributed by atoms with E-state index in [2.05, 4.69) is 27.7 Å². The maximum Gasteiger partial charge on any atom is 0.303 e. The first kappa shape index (κ1) is 57.0. The van der Waals surface area contributed by atoms with Gasteiger partial charge in [-0.25, -0.2) is 0 Å². The number of carboxylic acid groups (broad SMARTS) is 4. The molecule has 0 saturated heterocycles. The van der Waals surface area contributed by atoms with Crippen LogP contribution >= 0.6 is 0 Å². The Balaban J connectivity index is -0.000000174. The molecule has 0 rings (SSSR count). The second kappa shape index (κ2) is 53.4. The van der Waals surface area contributed by atoms with Crippen LogP contribution in [0.2, 0.25) is 0 Å². The minimum absolute atomic E-state index is 0. The molecular formula is C40H80O8Ti. The Labute approximate surface area is 317 Å². The van der Waals surface area contributed by atoms with E-state index in [1.54, 1.807) is 0 Å². The molecule has 0 spiro atoms. The quantitative estimate of drug-likeness (QED) is 0.0394. The van der Waals surface area contributed by atoms with Crippen LogP contribution < -0.4 is 0 Å². The minimum atomic E-state index is -0.663. The zero-order valence-corrected chi connectivity index (χ0v) is 34.1. The third-order valence-electron chi connectivity index (χ3n) is 7.98. The third-order valence-corrected chi connectivity index (χ3v) is 7.98. The van der Waals surface area contributed by atoms with Crippen molar-refractivity contribution >= 4 is 23.9 Å². The summed E-state index contributed by atoms with van der Waals surface area (Å²) in [5, 5.41) is 33.4. The van der Waals surface area contributed by atoms with Gasteiger partial charge in [-0.1, -0.05) is 182 Å². The predicted molar refractivity (Wildman–Crippen MR) is 201 cm³/mol. The zero-order valence-electron chi connectivity index (χ0n) is 32.5. The Kier molecular flexibility index (Phi) is 62.1. The van der Waals surface area contributed by atoms with Gasteiger partial charge in [0.15, 0.2) is 0 Å². The van der Waals surface area contributed by atoms with Crippen LogP contribution in [0.15, 0.2) is 0 Å². The fourth-order valence-corrected chi connectivity index (χ4v) is 4.93. The average molecular weight is 737 g/mol. The summed E-state index contributed by atoms with van der Waals surface area (Å²) in [7, 11) is 0. The Morgan fingerprint density at radius 2 is 0.388 bits per heavy atom. The van der Waals surface area contributed by atoms with E-state index in [-0.39, 0.29) is 21.7 Å². The molecule has 0 unspecified atom stereocenters. The van der Waals surface area contributed by atoms with Gasteiger partial charge in [-0.15, -0.1) is 0 Å². The fourth-order valence-electron chi connectivity index (χ4n) is 4.93. The maximum absolute atomic E-state index is 10.1. The molecule has 0 aromatic carbocycles. The van der Waals surface area contributed by atoms with Crippen molar-refractivity contribution in [3.05, 3.63) is 0 Å². The van der Waals surface area contributed by atoms with E-state index < -0.39 is 23.9 Å². The summed E-state index contributed by atoms with van der Waals surface area (Å²) < 4.78 is 0. The molecule has 0 aliphatic rings. The van der Waals surface area contributed by atoms with Crippen molar-refractivity contribution in [2.75, 3.05) is 0 Å². The van der Waals surface area contributed by atoms with Gasteiger partial charge in [-0.3, -0.25) is 19.2 Å². The van der Waals surface area contributed by atoms with E-state index >= 15 is 0 Å². The molecule has 0 amide bonds. The first-order valence-electron chi connectivity index (χ1n) is 20.0. The fraction of sp³-hybridized carbons (Fsp3) is 0.900. The summed E-state index contributed by atoms with van der Waals surface area (Å²) in [5.41, 5.74) is 0. The molecule has 8 nitrogen and oxygen atoms in total. The van der Waals surface area contributed by atoms with Crippen LogP contribution in [-0.2, 0) is 40.9 Å². The largest absolute Gasteiger partial charge is 0.481 e. The average Bonchev–Trinajstić information content (AvgIpc) is 3.03. The van der Waals surface area contributed by atoms with Gasteiger partial charge in [-0.05, 0) is 25.7 Å². The predicted octanol–water partition coefficient (Wildman–Crippen LogP) is 12.8. The first-order valence-corrected chi connectivity index (χ1v) is 20.0. The number of carbonyl (C=O) groups is 4. The second-order valence-corrected chi connectivity index (χ2v) is 13.1. The van der Waals surface area contributed by atoms with Gasteiger partial charge >= 0.3 is 23.9 Å². The van der Waals surface area contributed by atoms with Gasteiger partial charge < -0.3 is 20.4 Å². The van der Waals surface area contributed by atoms with Crippen LogP contribution in [-0.4, -0.2) is 44.3 Å². The van der Waals surface area contributed by atoms with Crippen LogP contribution in [0.3, 0.4) is 0 Å². The molecule has 0 bridgehead atoms. The smallest absolute Gasteiger partial charge is 0.303 e. The van der Waals surface area contributed by atoms with Gasteiger partial charge in [0.25, 0.3) is 0 Å². The topological polar surface area (TPSA) is 149 Å². The summed E-state index contributed by atoms with van der Waals surface area (Å²) in [6.45, 7) is 8.80. The van der Waals surface area contributed by atoms with Gasteiger partial charge in [0.05, 0.1) is 0 Å². The van der Waals surface area contributed by atoms with Crippen molar-refractivity contribution in [3.63, 3.8) is 0 Å². The summed E-state index contributed by atoms with van der Waals surface area (Å²) >= 11 is 0. The van der Waals surface area contributed by atoms with Crippen LogP contribution in [0.1, 0.15) is 233 Å². The molecule has 0 aromatic rings. The summed E-state index contributed by atoms with van der Waals surface area (Å²) in [4.78, 5) is 40.5. The molecule has 0 saturated carbocycles. The van der Waals surface area contributed by atoms with E-state index in [9.17, 15) is 19.2 Å². The third kappa shape index (κ3) is 77.4. The van der Waals surface area contributed by atoms with Crippen LogP contribution in [0.4, 0.5) is 0 Å². The van der Waals surface area contributed by atoms with Crippen molar-refractivity contribution in [2.24, 2.45) is 0 Å². The number of unbranched alkanes of at least 4 members (excludes halogenated alkanes) is 24. The molecule has 4 N–H and O–H groups in total. The number of rotatable bonds is 32. The zero-order chi connectivity index (χ0) is 36.9. The van der Waals surface area contributed by atoms with Crippen molar-refractivity contribution in [3.8, 4) is 0 Å². The Morgan fingerprint density at radius 3 is 0.510 bits per heavy atom. The number of hydrogen-bond donors (Lipinski definition) is 4. The van der Waals surface area contributed by atoms with Gasteiger partial charge in [0.1, 0.15) is 0 Å². The van der Waals surface area contributed by atoms with Crippen molar-refractivity contribution < 1.29 is 61.3 Å². The van der Waals surface area contributed by atoms with Gasteiger partial charge in [-0.2, -0.15) is 0 Å². The SMILES string of the molecule is CCCCCCCCCC(=O)O.CCCCCCCCCC(=O)O.CCCCCCCCCC(=O)O.CCCCCCCCCC(=O)O.[Ti]. The summed E-state index contributed by atoms with van der Waals surface area (Å²) in [6.07, 6.45) is 34.6. The molecule has 0 aromatic heterocycles. The monoisotopic (exact) mass is 737 g/mol. The standard InChI is InChI=1S/4C10H20O2.Ti/c4*1-2-3-4-5-6-7-8-9-10(11)12;/h4*2-9H2,1H3,(H,11,12);. The summed E-state index contributed by atoms with van der Waals surface area (Å²) in [5.74, 6) is -2.65. The van der Waals surface area contributed by atoms with E-state index in [0.29, 0.717) is 25.7 Å².